The fourth-order valence-corrected chi connectivity index (χ4v) is 2.27. The van der Waals surface area contributed by atoms with Crippen molar-refractivity contribution in [2.75, 3.05) is 0 Å². The van der Waals surface area contributed by atoms with Crippen molar-refractivity contribution >= 4 is 11.6 Å². The van der Waals surface area contributed by atoms with Gasteiger partial charge < -0.3 is 10.1 Å². The van der Waals surface area contributed by atoms with Crippen LogP contribution in [0.2, 0.25) is 5.02 Å². The molecule has 18 heavy (non-hydrogen) atoms. The molecule has 0 heterocycles. The molecule has 1 atom stereocenters. The van der Waals surface area contributed by atoms with E-state index < -0.39 is 0 Å². The molecule has 0 aliphatic heterocycles. The summed E-state index contributed by atoms with van der Waals surface area (Å²) in [7, 11) is 0. The second kappa shape index (κ2) is 6.44. The zero-order valence-electron chi connectivity index (χ0n) is 11.2. The molecule has 2 nitrogen and oxygen atoms in total. The predicted molar refractivity (Wildman–Crippen MR) is 76.3 cm³/mol. The molecule has 100 valence electrons. The first-order valence-electron chi connectivity index (χ1n) is 6.88. The normalized spacial score (nSPS) is 16.6. The maximum atomic E-state index is 6.27. The van der Waals surface area contributed by atoms with E-state index in [2.05, 4.69) is 19.2 Å². The van der Waals surface area contributed by atoms with Crippen molar-refractivity contribution in [2.24, 2.45) is 0 Å². The molecule has 0 spiro atoms. The Morgan fingerprint density at radius 1 is 1.44 bits per heavy atom. The zero-order valence-corrected chi connectivity index (χ0v) is 12.0. The first-order valence-corrected chi connectivity index (χ1v) is 7.26. The van der Waals surface area contributed by atoms with Crippen LogP contribution in [0.4, 0.5) is 0 Å². The minimum atomic E-state index is 0.244. The Bertz CT molecular complexity index is 390. The van der Waals surface area contributed by atoms with Gasteiger partial charge in [-0.1, -0.05) is 31.0 Å². The smallest absolute Gasteiger partial charge is 0.125 e. The first kappa shape index (κ1) is 13.7. The number of rotatable bonds is 7. The lowest BCUT2D eigenvalue weighted by Crippen LogP contribution is -2.18. The number of benzene rings is 1. The van der Waals surface area contributed by atoms with Gasteiger partial charge in [-0.15, -0.1) is 0 Å². The predicted octanol–water partition coefficient (Wildman–Crippen LogP) is 4.16. The van der Waals surface area contributed by atoms with Crippen LogP contribution in [-0.4, -0.2) is 12.1 Å². The maximum absolute atomic E-state index is 6.27. The quantitative estimate of drug-likeness (QED) is 0.801. The van der Waals surface area contributed by atoms with Crippen molar-refractivity contribution in [2.45, 2.75) is 58.2 Å². The Balaban J connectivity index is 2.04. The van der Waals surface area contributed by atoms with Gasteiger partial charge in [0.2, 0.25) is 0 Å². The zero-order chi connectivity index (χ0) is 13.0. The third-order valence-electron chi connectivity index (χ3n) is 3.24. The largest absolute Gasteiger partial charge is 0.490 e. The van der Waals surface area contributed by atoms with Gasteiger partial charge in [-0.2, -0.15) is 0 Å². The van der Waals surface area contributed by atoms with Crippen LogP contribution in [0.3, 0.4) is 0 Å². The molecule has 0 radical (unpaired) electrons. The van der Waals surface area contributed by atoms with E-state index in [-0.39, 0.29) is 6.10 Å². The average molecular weight is 268 g/mol. The van der Waals surface area contributed by atoms with E-state index in [1.54, 1.807) is 0 Å². The summed E-state index contributed by atoms with van der Waals surface area (Å²) < 4.78 is 5.99. The van der Waals surface area contributed by atoms with Gasteiger partial charge in [0.25, 0.3) is 0 Å². The first-order chi connectivity index (χ1) is 8.70. The van der Waals surface area contributed by atoms with E-state index in [0.29, 0.717) is 6.04 Å². The van der Waals surface area contributed by atoms with Crippen molar-refractivity contribution < 1.29 is 4.74 Å². The lowest BCUT2D eigenvalue weighted by Gasteiger charge is -2.18. The fraction of sp³-hybridized carbons (Fsp3) is 0.600. The van der Waals surface area contributed by atoms with E-state index in [4.69, 9.17) is 16.3 Å². The molecule has 0 aromatic heterocycles. The lowest BCUT2D eigenvalue weighted by molar-refractivity contribution is 0.207. The van der Waals surface area contributed by atoms with Gasteiger partial charge in [0, 0.05) is 23.2 Å². The van der Waals surface area contributed by atoms with Crippen LogP contribution in [0.15, 0.2) is 18.2 Å². The summed E-state index contributed by atoms with van der Waals surface area (Å²) in [4.78, 5) is 0. The maximum Gasteiger partial charge on any atom is 0.125 e. The molecule has 1 unspecified atom stereocenters. The number of hydrogen-bond donors (Lipinski definition) is 1. The lowest BCUT2D eigenvalue weighted by atomic mass is 10.2. The summed E-state index contributed by atoms with van der Waals surface area (Å²) >= 11 is 6.27. The molecule has 2 rings (SSSR count). The average Bonchev–Trinajstić information content (AvgIpc) is 3.12. The molecule has 0 amide bonds. The van der Waals surface area contributed by atoms with Crippen molar-refractivity contribution in [3.63, 3.8) is 0 Å². The highest BCUT2D eigenvalue weighted by atomic mass is 35.5. The molecular weight excluding hydrogens is 246 g/mol. The highest BCUT2D eigenvalue weighted by molar-refractivity contribution is 6.31. The highest BCUT2D eigenvalue weighted by Crippen LogP contribution is 2.29. The summed E-state index contributed by atoms with van der Waals surface area (Å²) in [6.07, 6.45) is 5.02. The van der Waals surface area contributed by atoms with E-state index in [9.17, 15) is 0 Å². The third kappa shape index (κ3) is 3.89. The summed E-state index contributed by atoms with van der Waals surface area (Å²) in [6, 6.07) is 6.59. The second-order valence-electron chi connectivity index (χ2n) is 5.09. The van der Waals surface area contributed by atoms with Crippen LogP contribution in [0.25, 0.3) is 0 Å². The second-order valence-corrected chi connectivity index (χ2v) is 5.50. The SMILES string of the molecule is CCCC(C)Oc1cccc(Cl)c1CNC1CC1. The number of hydrogen-bond acceptors (Lipinski definition) is 2. The minimum Gasteiger partial charge on any atom is -0.490 e. The topological polar surface area (TPSA) is 21.3 Å². The van der Waals surface area contributed by atoms with Gasteiger partial charge >= 0.3 is 0 Å². The van der Waals surface area contributed by atoms with E-state index in [0.717, 1.165) is 35.7 Å². The molecule has 3 heteroatoms. The van der Waals surface area contributed by atoms with Gasteiger partial charge in [0.1, 0.15) is 5.75 Å². The summed E-state index contributed by atoms with van der Waals surface area (Å²) in [5.41, 5.74) is 1.09. The molecule has 1 aromatic carbocycles. The summed E-state index contributed by atoms with van der Waals surface area (Å²) in [6.45, 7) is 5.09. The van der Waals surface area contributed by atoms with Crippen molar-refractivity contribution in [3.8, 4) is 5.75 Å². The van der Waals surface area contributed by atoms with Crippen LogP contribution in [-0.2, 0) is 6.54 Å². The van der Waals surface area contributed by atoms with E-state index in [1.807, 2.05) is 18.2 Å². The Kier molecular flexibility index (Phi) is 4.90. The summed E-state index contributed by atoms with van der Waals surface area (Å²) in [5, 5.41) is 4.29. The summed E-state index contributed by atoms with van der Waals surface area (Å²) in [5.74, 6) is 0.927. The molecule has 1 aliphatic rings. The van der Waals surface area contributed by atoms with E-state index in [1.165, 1.54) is 12.8 Å². The molecule has 0 bridgehead atoms. The molecule has 1 N–H and O–H groups in total. The van der Waals surface area contributed by atoms with Crippen LogP contribution in [0, 0.1) is 0 Å². The monoisotopic (exact) mass is 267 g/mol. The van der Waals surface area contributed by atoms with Crippen molar-refractivity contribution in [3.05, 3.63) is 28.8 Å². The Hall–Kier alpha value is -0.730. The fourth-order valence-electron chi connectivity index (χ4n) is 2.04. The minimum absolute atomic E-state index is 0.244. The van der Waals surface area contributed by atoms with Crippen LogP contribution < -0.4 is 10.1 Å². The number of ether oxygens (including phenoxy) is 1. The van der Waals surface area contributed by atoms with Crippen LogP contribution in [0.5, 0.6) is 5.75 Å². The Morgan fingerprint density at radius 2 is 2.22 bits per heavy atom. The van der Waals surface area contributed by atoms with Gasteiger partial charge in [0.15, 0.2) is 0 Å². The number of halogens is 1. The molecule has 1 saturated carbocycles. The van der Waals surface area contributed by atoms with Gasteiger partial charge in [-0.25, -0.2) is 0 Å². The van der Waals surface area contributed by atoms with Crippen LogP contribution in [0.1, 0.15) is 45.1 Å². The number of nitrogens with one attached hydrogen (secondary N) is 1. The van der Waals surface area contributed by atoms with Crippen molar-refractivity contribution in [1.82, 2.24) is 5.32 Å². The Labute approximate surface area is 115 Å². The standard InChI is InChI=1S/C15H22ClNO/c1-3-5-11(2)18-15-7-4-6-14(16)13(15)10-17-12-8-9-12/h4,6-7,11-12,17H,3,5,8-10H2,1-2H3. The van der Waals surface area contributed by atoms with Gasteiger partial charge in [-0.05, 0) is 38.3 Å². The molecular formula is C15H22ClNO. The third-order valence-corrected chi connectivity index (χ3v) is 3.60. The van der Waals surface area contributed by atoms with Crippen molar-refractivity contribution in [1.29, 1.82) is 0 Å². The highest BCUT2D eigenvalue weighted by Gasteiger charge is 2.21. The van der Waals surface area contributed by atoms with Crippen LogP contribution >= 0.6 is 11.6 Å². The van der Waals surface area contributed by atoms with E-state index >= 15 is 0 Å². The molecule has 0 saturated heterocycles. The van der Waals surface area contributed by atoms with Gasteiger partial charge in [0.05, 0.1) is 6.10 Å². The van der Waals surface area contributed by atoms with Gasteiger partial charge in [-0.3, -0.25) is 0 Å². The molecule has 1 aromatic rings. The molecule has 1 aliphatic carbocycles. The molecule has 1 fully saturated rings. The Morgan fingerprint density at radius 3 is 2.89 bits per heavy atom.